The van der Waals surface area contributed by atoms with Gasteiger partial charge in [0.15, 0.2) is 0 Å². The Hall–Kier alpha value is -1.55. The van der Waals surface area contributed by atoms with E-state index in [1.165, 1.54) is 25.9 Å². The van der Waals surface area contributed by atoms with Gasteiger partial charge in [-0.25, -0.2) is 0 Å². The maximum absolute atomic E-state index is 12.0. The maximum atomic E-state index is 12.0. The standard InChI is InChI=1S/C16H24N2O2/c1-13-6-5-10-18(12-13)11-9-16(19)17-14-7-3-4-8-15(14)20-2/h3-4,7-8,13H,5-6,9-12H2,1-2H3,(H,17,19)/p+1/t13-/m0/s1. The minimum Gasteiger partial charge on any atom is -0.495 e. The Labute approximate surface area is 121 Å². The minimum absolute atomic E-state index is 0.0697. The Kier molecular flexibility index (Phi) is 5.41. The predicted molar refractivity (Wildman–Crippen MR) is 80.2 cm³/mol. The summed E-state index contributed by atoms with van der Waals surface area (Å²) in [6.45, 7) is 5.62. The normalized spacial score (nSPS) is 22.3. The zero-order chi connectivity index (χ0) is 14.4. The van der Waals surface area contributed by atoms with Crippen LogP contribution in [-0.4, -0.2) is 32.7 Å². The number of piperidine rings is 1. The Bertz CT molecular complexity index is 448. The number of para-hydroxylation sites is 2. The van der Waals surface area contributed by atoms with E-state index in [0.717, 1.165) is 18.2 Å². The highest BCUT2D eigenvalue weighted by atomic mass is 16.5. The fourth-order valence-electron chi connectivity index (χ4n) is 2.88. The third-order valence-corrected chi connectivity index (χ3v) is 3.95. The highest BCUT2D eigenvalue weighted by Crippen LogP contribution is 2.22. The van der Waals surface area contributed by atoms with Gasteiger partial charge in [-0.05, 0) is 25.0 Å². The smallest absolute Gasteiger partial charge is 0.230 e. The van der Waals surface area contributed by atoms with E-state index in [2.05, 4.69) is 12.2 Å². The molecule has 4 heteroatoms. The number of methoxy groups -OCH3 is 1. The van der Waals surface area contributed by atoms with Crippen molar-refractivity contribution in [2.75, 3.05) is 32.1 Å². The molecule has 2 rings (SSSR count). The number of hydrogen-bond acceptors (Lipinski definition) is 2. The molecule has 1 aliphatic heterocycles. The van der Waals surface area contributed by atoms with Crippen LogP contribution in [0, 0.1) is 5.92 Å². The molecule has 0 bridgehead atoms. The van der Waals surface area contributed by atoms with Crippen LogP contribution >= 0.6 is 0 Å². The molecule has 20 heavy (non-hydrogen) atoms. The van der Waals surface area contributed by atoms with Crippen LogP contribution in [0.3, 0.4) is 0 Å². The van der Waals surface area contributed by atoms with Crippen molar-refractivity contribution in [3.05, 3.63) is 24.3 Å². The van der Waals surface area contributed by atoms with Gasteiger partial charge < -0.3 is 15.0 Å². The Balaban J connectivity index is 1.80. The fourth-order valence-corrected chi connectivity index (χ4v) is 2.88. The van der Waals surface area contributed by atoms with Crippen molar-refractivity contribution >= 4 is 11.6 Å². The monoisotopic (exact) mass is 277 g/mol. The van der Waals surface area contributed by atoms with Crippen LogP contribution in [0.25, 0.3) is 0 Å². The molecule has 2 atom stereocenters. The zero-order valence-electron chi connectivity index (χ0n) is 12.4. The van der Waals surface area contributed by atoms with E-state index in [1.807, 2.05) is 24.3 Å². The number of quaternary nitrogens is 1. The first-order valence-electron chi connectivity index (χ1n) is 7.45. The van der Waals surface area contributed by atoms with Crippen LogP contribution in [0.2, 0.25) is 0 Å². The average Bonchev–Trinajstić information content (AvgIpc) is 2.46. The Morgan fingerprint density at radius 3 is 3.00 bits per heavy atom. The van der Waals surface area contributed by atoms with E-state index in [0.29, 0.717) is 12.2 Å². The lowest BCUT2D eigenvalue weighted by Gasteiger charge is -2.27. The van der Waals surface area contributed by atoms with Gasteiger partial charge in [0.25, 0.3) is 0 Å². The third kappa shape index (κ3) is 4.23. The number of likely N-dealkylation sites (tertiary alicyclic amines) is 1. The number of ether oxygens (including phenoxy) is 1. The molecule has 110 valence electrons. The lowest BCUT2D eigenvalue weighted by Crippen LogP contribution is -3.13. The summed E-state index contributed by atoms with van der Waals surface area (Å²) < 4.78 is 5.23. The van der Waals surface area contributed by atoms with Crippen molar-refractivity contribution in [1.29, 1.82) is 0 Å². The van der Waals surface area contributed by atoms with Gasteiger partial charge in [0.05, 0.1) is 38.9 Å². The van der Waals surface area contributed by atoms with Gasteiger partial charge >= 0.3 is 0 Å². The van der Waals surface area contributed by atoms with Gasteiger partial charge in [0.1, 0.15) is 5.75 Å². The van der Waals surface area contributed by atoms with Crippen LogP contribution in [0.4, 0.5) is 5.69 Å². The lowest BCUT2D eigenvalue weighted by atomic mass is 10.0. The van der Waals surface area contributed by atoms with Crippen LogP contribution in [0.1, 0.15) is 26.2 Å². The number of rotatable bonds is 5. The van der Waals surface area contributed by atoms with Gasteiger partial charge in [0, 0.05) is 5.92 Å². The van der Waals surface area contributed by atoms with Crippen molar-refractivity contribution in [2.24, 2.45) is 5.92 Å². The van der Waals surface area contributed by atoms with E-state index < -0.39 is 0 Å². The minimum atomic E-state index is 0.0697. The molecule has 0 aliphatic carbocycles. The topological polar surface area (TPSA) is 42.8 Å². The number of amides is 1. The second kappa shape index (κ2) is 7.29. The van der Waals surface area contributed by atoms with Crippen LogP contribution < -0.4 is 15.0 Å². The molecular weight excluding hydrogens is 252 g/mol. The molecule has 0 radical (unpaired) electrons. The summed E-state index contributed by atoms with van der Waals surface area (Å²) in [5.74, 6) is 1.57. The summed E-state index contributed by atoms with van der Waals surface area (Å²) in [4.78, 5) is 13.6. The van der Waals surface area contributed by atoms with Gasteiger partial charge in [-0.3, -0.25) is 4.79 Å². The molecular formula is C16H25N2O2+. The summed E-state index contributed by atoms with van der Waals surface area (Å²) in [6.07, 6.45) is 3.18. The number of benzene rings is 1. The molecule has 1 saturated heterocycles. The average molecular weight is 277 g/mol. The van der Waals surface area contributed by atoms with Crippen LogP contribution in [-0.2, 0) is 4.79 Å². The van der Waals surface area contributed by atoms with E-state index in [4.69, 9.17) is 4.74 Å². The highest BCUT2D eigenvalue weighted by molar-refractivity contribution is 5.92. The van der Waals surface area contributed by atoms with Crippen molar-refractivity contribution in [1.82, 2.24) is 0 Å². The van der Waals surface area contributed by atoms with Crippen molar-refractivity contribution in [3.8, 4) is 5.75 Å². The summed E-state index contributed by atoms with van der Waals surface area (Å²) in [5, 5.41) is 2.93. The highest BCUT2D eigenvalue weighted by Gasteiger charge is 2.20. The van der Waals surface area contributed by atoms with Gasteiger partial charge in [-0.1, -0.05) is 19.1 Å². The van der Waals surface area contributed by atoms with Crippen LogP contribution in [0.5, 0.6) is 5.75 Å². The molecule has 1 fully saturated rings. The second-order valence-corrected chi connectivity index (χ2v) is 5.70. The molecule has 0 spiro atoms. The molecule has 1 amide bonds. The van der Waals surface area contributed by atoms with Gasteiger partial charge in [-0.2, -0.15) is 0 Å². The number of nitrogens with one attached hydrogen (secondary N) is 2. The molecule has 0 aromatic heterocycles. The first kappa shape index (κ1) is 14.9. The molecule has 1 aromatic rings. The van der Waals surface area contributed by atoms with Crippen molar-refractivity contribution < 1.29 is 14.4 Å². The summed E-state index contributed by atoms with van der Waals surface area (Å²) in [5.41, 5.74) is 0.752. The summed E-state index contributed by atoms with van der Waals surface area (Å²) in [6, 6.07) is 7.52. The Morgan fingerprint density at radius 1 is 1.45 bits per heavy atom. The first-order valence-corrected chi connectivity index (χ1v) is 7.45. The molecule has 1 aliphatic rings. The van der Waals surface area contributed by atoms with Gasteiger partial charge in [-0.15, -0.1) is 0 Å². The van der Waals surface area contributed by atoms with E-state index in [1.54, 1.807) is 12.0 Å². The SMILES string of the molecule is COc1ccccc1NC(=O)CC[NH+]1CCC[C@H](C)C1. The molecule has 2 N–H and O–H groups in total. The van der Waals surface area contributed by atoms with E-state index >= 15 is 0 Å². The third-order valence-electron chi connectivity index (χ3n) is 3.95. The number of hydrogen-bond donors (Lipinski definition) is 2. The molecule has 4 nitrogen and oxygen atoms in total. The molecule has 1 heterocycles. The largest absolute Gasteiger partial charge is 0.495 e. The summed E-state index contributed by atoms with van der Waals surface area (Å²) >= 11 is 0. The number of carbonyl (C=O) groups is 1. The Morgan fingerprint density at radius 2 is 2.25 bits per heavy atom. The van der Waals surface area contributed by atoms with Crippen molar-refractivity contribution in [3.63, 3.8) is 0 Å². The lowest BCUT2D eigenvalue weighted by molar-refractivity contribution is -0.907. The van der Waals surface area contributed by atoms with Crippen LogP contribution in [0.15, 0.2) is 24.3 Å². The molecule has 1 aromatic carbocycles. The summed E-state index contributed by atoms with van der Waals surface area (Å²) in [7, 11) is 1.62. The van der Waals surface area contributed by atoms with Crippen molar-refractivity contribution in [2.45, 2.75) is 26.2 Å². The second-order valence-electron chi connectivity index (χ2n) is 5.70. The van der Waals surface area contributed by atoms with E-state index in [-0.39, 0.29) is 5.91 Å². The molecule has 1 unspecified atom stereocenters. The quantitative estimate of drug-likeness (QED) is 0.853. The maximum Gasteiger partial charge on any atom is 0.230 e. The zero-order valence-corrected chi connectivity index (χ0v) is 12.4. The number of anilines is 1. The predicted octanol–water partition coefficient (Wildman–Crippen LogP) is 1.34. The number of carbonyl (C=O) groups excluding carboxylic acids is 1. The molecule has 0 saturated carbocycles. The first-order chi connectivity index (χ1) is 9.69. The fraction of sp³-hybridized carbons (Fsp3) is 0.562. The van der Waals surface area contributed by atoms with E-state index in [9.17, 15) is 4.79 Å². The van der Waals surface area contributed by atoms with Gasteiger partial charge in [0.2, 0.25) is 5.91 Å².